The number of fused-ring (bicyclic) bond motifs is 1. The molecule has 2 aliphatic rings. The Hall–Kier alpha value is -0.990. The minimum atomic E-state index is 0.0714. The Labute approximate surface area is 124 Å². The molecule has 1 aromatic carbocycles. The molecule has 1 unspecified atom stereocenters. The van der Waals surface area contributed by atoms with Crippen LogP contribution in [0.4, 0.5) is 0 Å². The molecule has 2 heterocycles. The first kappa shape index (κ1) is 12.7. The van der Waals surface area contributed by atoms with Gasteiger partial charge in [-0.3, -0.25) is 0 Å². The molecule has 1 N–H and O–H groups in total. The largest absolute Gasteiger partial charge is 0.459 e. The van der Waals surface area contributed by atoms with Gasteiger partial charge in [0.05, 0.1) is 5.54 Å². The zero-order valence-electron chi connectivity index (χ0n) is 11.6. The minimum Gasteiger partial charge on any atom is -0.459 e. The molecule has 106 valence electrons. The molecule has 2 fully saturated rings. The van der Waals surface area contributed by atoms with Crippen molar-refractivity contribution in [1.29, 1.82) is 0 Å². The number of nitrogens with one attached hydrogen (secondary N) is 1. The first-order valence-corrected chi connectivity index (χ1v) is 8.10. The molecule has 1 saturated carbocycles. The third kappa shape index (κ3) is 2.06. The highest BCUT2D eigenvalue weighted by atomic mass is 35.5. The third-order valence-corrected chi connectivity index (χ3v) is 5.12. The Kier molecular flexibility index (Phi) is 3.04. The van der Waals surface area contributed by atoms with Crippen molar-refractivity contribution in [2.45, 2.75) is 44.1 Å². The lowest BCUT2D eigenvalue weighted by atomic mass is 9.85. The Morgan fingerprint density at radius 3 is 2.90 bits per heavy atom. The smallest absolute Gasteiger partial charge is 0.134 e. The van der Waals surface area contributed by atoms with E-state index in [0.717, 1.165) is 34.2 Å². The fourth-order valence-corrected chi connectivity index (χ4v) is 3.86. The molecule has 2 aromatic rings. The number of halogens is 1. The van der Waals surface area contributed by atoms with E-state index in [0.29, 0.717) is 0 Å². The first-order chi connectivity index (χ1) is 9.78. The summed E-state index contributed by atoms with van der Waals surface area (Å²) in [6.45, 7) is 1.11. The van der Waals surface area contributed by atoms with E-state index in [-0.39, 0.29) is 5.54 Å². The van der Waals surface area contributed by atoms with Crippen molar-refractivity contribution in [1.82, 2.24) is 5.32 Å². The van der Waals surface area contributed by atoms with Crippen LogP contribution in [-0.4, -0.2) is 6.54 Å². The zero-order chi connectivity index (χ0) is 13.6. The summed E-state index contributed by atoms with van der Waals surface area (Å²) in [7, 11) is 0. The predicted octanol–water partition coefficient (Wildman–Crippen LogP) is 4.86. The first-order valence-electron chi connectivity index (χ1n) is 7.72. The van der Waals surface area contributed by atoms with Crippen LogP contribution in [-0.2, 0) is 5.54 Å². The van der Waals surface area contributed by atoms with Gasteiger partial charge in [0.1, 0.15) is 11.3 Å². The maximum Gasteiger partial charge on any atom is 0.134 e. The van der Waals surface area contributed by atoms with Crippen LogP contribution in [0.15, 0.2) is 28.7 Å². The maximum absolute atomic E-state index is 6.20. The summed E-state index contributed by atoms with van der Waals surface area (Å²) in [5, 5.41) is 5.72. The molecule has 2 nitrogen and oxygen atoms in total. The Morgan fingerprint density at radius 2 is 2.05 bits per heavy atom. The van der Waals surface area contributed by atoms with E-state index in [4.69, 9.17) is 16.0 Å². The molecule has 1 atom stereocenters. The molecule has 0 bridgehead atoms. The molecule has 1 aliphatic heterocycles. The van der Waals surface area contributed by atoms with E-state index in [1.807, 2.05) is 18.2 Å². The van der Waals surface area contributed by atoms with Crippen LogP contribution in [0.5, 0.6) is 0 Å². The van der Waals surface area contributed by atoms with Gasteiger partial charge in [0.15, 0.2) is 0 Å². The maximum atomic E-state index is 6.20. The fourth-order valence-electron chi connectivity index (χ4n) is 3.68. The van der Waals surface area contributed by atoms with Gasteiger partial charge >= 0.3 is 0 Å². The van der Waals surface area contributed by atoms with Crippen molar-refractivity contribution in [3.05, 3.63) is 35.0 Å². The Bertz CT molecular complexity index is 621. The molecular weight excluding hydrogens is 270 g/mol. The van der Waals surface area contributed by atoms with E-state index in [1.54, 1.807) is 0 Å². The number of benzene rings is 1. The minimum absolute atomic E-state index is 0.0714. The highest BCUT2D eigenvalue weighted by Crippen LogP contribution is 2.50. The van der Waals surface area contributed by atoms with Gasteiger partial charge in [-0.2, -0.15) is 0 Å². The van der Waals surface area contributed by atoms with Crippen molar-refractivity contribution in [3.63, 3.8) is 0 Å². The molecule has 1 saturated heterocycles. The van der Waals surface area contributed by atoms with E-state index in [9.17, 15) is 0 Å². The standard InChI is InChI=1S/C17H20ClNO/c18-14-6-7-15-12(10-14)11-16(20-15)17(13-4-5-13)8-2-1-3-9-19-17/h6-7,10-11,13,19H,1-5,8-9H2. The molecule has 0 spiro atoms. The highest BCUT2D eigenvalue weighted by molar-refractivity contribution is 6.31. The van der Waals surface area contributed by atoms with Crippen LogP contribution in [0.3, 0.4) is 0 Å². The van der Waals surface area contributed by atoms with Gasteiger partial charge in [-0.15, -0.1) is 0 Å². The van der Waals surface area contributed by atoms with Gasteiger partial charge in [-0.1, -0.05) is 24.4 Å². The summed E-state index contributed by atoms with van der Waals surface area (Å²) >= 11 is 6.09. The second kappa shape index (κ2) is 4.78. The summed E-state index contributed by atoms with van der Waals surface area (Å²) < 4.78 is 6.20. The molecule has 0 radical (unpaired) electrons. The van der Waals surface area contributed by atoms with Crippen molar-refractivity contribution in [2.75, 3.05) is 6.54 Å². The fraction of sp³-hybridized carbons (Fsp3) is 0.529. The van der Waals surface area contributed by atoms with Gasteiger partial charge in [-0.25, -0.2) is 0 Å². The average molecular weight is 290 g/mol. The van der Waals surface area contributed by atoms with Crippen molar-refractivity contribution in [3.8, 4) is 0 Å². The zero-order valence-corrected chi connectivity index (χ0v) is 12.4. The van der Waals surface area contributed by atoms with Crippen LogP contribution < -0.4 is 5.32 Å². The van der Waals surface area contributed by atoms with Crippen LogP contribution in [0, 0.1) is 5.92 Å². The van der Waals surface area contributed by atoms with Gasteiger partial charge in [-0.05, 0) is 62.4 Å². The van der Waals surface area contributed by atoms with Crippen molar-refractivity contribution in [2.24, 2.45) is 5.92 Å². The van der Waals surface area contributed by atoms with Gasteiger partial charge < -0.3 is 9.73 Å². The van der Waals surface area contributed by atoms with Crippen LogP contribution >= 0.6 is 11.6 Å². The van der Waals surface area contributed by atoms with E-state index in [1.165, 1.54) is 38.5 Å². The summed E-state index contributed by atoms with van der Waals surface area (Å²) in [6, 6.07) is 8.10. The molecule has 20 heavy (non-hydrogen) atoms. The summed E-state index contributed by atoms with van der Waals surface area (Å²) in [5.41, 5.74) is 1.03. The second-order valence-corrected chi connectivity index (χ2v) is 6.71. The topological polar surface area (TPSA) is 25.2 Å². The predicted molar refractivity (Wildman–Crippen MR) is 82.1 cm³/mol. The third-order valence-electron chi connectivity index (χ3n) is 4.88. The highest BCUT2D eigenvalue weighted by Gasteiger charge is 2.48. The van der Waals surface area contributed by atoms with Gasteiger partial charge in [0.25, 0.3) is 0 Å². The van der Waals surface area contributed by atoms with E-state index < -0.39 is 0 Å². The molecule has 0 amide bonds. The quantitative estimate of drug-likeness (QED) is 0.854. The molecule has 4 rings (SSSR count). The van der Waals surface area contributed by atoms with E-state index >= 15 is 0 Å². The van der Waals surface area contributed by atoms with Gasteiger partial charge in [0.2, 0.25) is 0 Å². The number of furan rings is 1. The van der Waals surface area contributed by atoms with E-state index in [2.05, 4.69) is 11.4 Å². The lowest BCUT2D eigenvalue weighted by molar-refractivity contribution is 0.231. The van der Waals surface area contributed by atoms with Crippen LogP contribution in [0.1, 0.15) is 44.3 Å². The SMILES string of the molecule is Clc1ccc2oc(C3(C4CC4)CCCCCN3)cc2c1. The van der Waals surface area contributed by atoms with Crippen molar-refractivity contribution >= 4 is 22.6 Å². The monoisotopic (exact) mass is 289 g/mol. The molecule has 1 aliphatic carbocycles. The van der Waals surface area contributed by atoms with Crippen LogP contribution in [0.25, 0.3) is 11.0 Å². The molecule has 1 aromatic heterocycles. The lowest BCUT2D eigenvalue weighted by Gasteiger charge is -2.32. The lowest BCUT2D eigenvalue weighted by Crippen LogP contribution is -2.43. The molecular formula is C17H20ClNO. The Morgan fingerprint density at radius 1 is 1.15 bits per heavy atom. The van der Waals surface area contributed by atoms with Crippen LogP contribution in [0.2, 0.25) is 5.02 Å². The van der Waals surface area contributed by atoms with Crippen molar-refractivity contribution < 1.29 is 4.42 Å². The second-order valence-electron chi connectivity index (χ2n) is 6.28. The summed E-state index contributed by atoms with van der Waals surface area (Å²) in [5.74, 6) is 1.87. The normalized spacial score (nSPS) is 27.6. The summed E-state index contributed by atoms with van der Waals surface area (Å²) in [4.78, 5) is 0. The number of hydrogen-bond donors (Lipinski definition) is 1. The molecule has 3 heteroatoms. The summed E-state index contributed by atoms with van der Waals surface area (Å²) in [6.07, 6.45) is 7.75. The Balaban J connectivity index is 1.80. The number of hydrogen-bond acceptors (Lipinski definition) is 2. The average Bonchev–Trinajstić information content (AvgIpc) is 3.23. The van der Waals surface area contributed by atoms with Gasteiger partial charge in [0, 0.05) is 10.4 Å². The number of rotatable bonds is 2.